The number of halogens is 1. The van der Waals surface area contributed by atoms with Gasteiger partial charge in [0.05, 0.1) is 0 Å². The topological polar surface area (TPSA) is 105 Å². The maximum absolute atomic E-state index is 12.3. The number of rotatable bonds is 4. The third-order valence-corrected chi connectivity index (χ3v) is 4.85. The molecule has 8 heteroatoms. The number of nitroso groups, excluding NO2 is 1. The summed E-state index contributed by atoms with van der Waals surface area (Å²) < 4.78 is 0. The minimum Gasteiger partial charge on any atom is -0.398 e. The highest BCUT2D eigenvalue weighted by molar-refractivity contribution is 6.31. The van der Waals surface area contributed by atoms with Gasteiger partial charge in [-0.1, -0.05) is 16.8 Å². The molecular formula is C15H20ClN5O2. The standard InChI is InChI=1S/C15H20ClN5O2/c16-10-7-12(18)11(9-17)13(8-10)20-3-5-21(6-4-20)14(22)15(19-23)1-2-15/h7-8H,1-6,9,17-18H2. The van der Waals surface area contributed by atoms with Gasteiger partial charge in [-0.05, 0) is 25.0 Å². The molecule has 1 saturated carbocycles. The summed E-state index contributed by atoms with van der Waals surface area (Å²) in [5, 5.41) is 3.59. The normalized spacial score (nSPS) is 19.6. The van der Waals surface area contributed by atoms with Gasteiger partial charge < -0.3 is 21.3 Å². The van der Waals surface area contributed by atoms with E-state index in [1.807, 2.05) is 6.07 Å². The Bertz CT molecular complexity index is 639. The summed E-state index contributed by atoms with van der Waals surface area (Å²) in [5.41, 5.74) is 13.2. The maximum atomic E-state index is 12.3. The number of benzene rings is 1. The van der Waals surface area contributed by atoms with E-state index in [1.165, 1.54) is 0 Å². The first-order valence-corrected chi connectivity index (χ1v) is 8.05. The molecule has 1 heterocycles. The molecule has 124 valence electrons. The second kappa shape index (κ2) is 5.98. The van der Waals surface area contributed by atoms with Crippen LogP contribution in [0.5, 0.6) is 0 Å². The third kappa shape index (κ3) is 2.86. The molecule has 1 aromatic carbocycles. The zero-order valence-corrected chi connectivity index (χ0v) is 13.6. The van der Waals surface area contributed by atoms with Crippen molar-refractivity contribution in [2.45, 2.75) is 24.9 Å². The number of piperazine rings is 1. The van der Waals surface area contributed by atoms with Crippen LogP contribution in [-0.4, -0.2) is 42.5 Å². The van der Waals surface area contributed by atoms with Crippen molar-refractivity contribution in [1.29, 1.82) is 0 Å². The zero-order valence-electron chi connectivity index (χ0n) is 12.8. The first-order chi connectivity index (χ1) is 11.0. The fourth-order valence-corrected chi connectivity index (χ4v) is 3.28. The lowest BCUT2D eigenvalue weighted by molar-refractivity contribution is -0.133. The van der Waals surface area contributed by atoms with Crippen LogP contribution >= 0.6 is 11.6 Å². The number of hydrogen-bond acceptors (Lipinski definition) is 6. The summed E-state index contributed by atoms with van der Waals surface area (Å²) in [6, 6.07) is 3.55. The highest BCUT2D eigenvalue weighted by Gasteiger charge is 2.54. The maximum Gasteiger partial charge on any atom is 0.254 e. The van der Waals surface area contributed by atoms with Crippen LogP contribution in [0.25, 0.3) is 0 Å². The summed E-state index contributed by atoms with van der Waals surface area (Å²) in [7, 11) is 0. The summed E-state index contributed by atoms with van der Waals surface area (Å²) in [4.78, 5) is 27.1. The molecule has 0 aromatic heterocycles. The Hall–Kier alpha value is -1.86. The highest BCUT2D eigenvalue weighted by Crippen LogP contribution is 2.41. The van der Waals surface area contributed by atoms with Gasteiger partial charge in [0.1, 0.15) is 0 Å². The van der Waals surface area contributed by atoms with Crippen molar-refractivity contribution in [3.63, 3.8) is 0 Å². The first-order valence-electron chi connectivity index (χ1n) is 7.67. The number of anilines is 2. The average Bonchev–Trinajstić information content (AvgIpc) is 3.35. The number of carbonyl (C=O) groups excluding carboxylic acids is 1. The minimum absolute atomic E-state index is 0.142. The van der Waals surface area contributed by atoms with E-state index in [0.29, 0.717) is 56.3 Å². The van der Waals surface area contributed by atoms with Crippen molar-refractivity contribution >= 4 is 28.9 Å². The van der Waals surface area contributed by atoms with E-state index in [2.05, 4.69) is 10.1 Å². The van der Waals surface area contributed by atoms with Crippen LogP contribution in [0.4, 0.5) is 11.4 Å². The lowest BCUT2D eigenvalue weighted by Gasteiger charge is -2.37. The number of nitrogen functional groups attached to an aromatic ring is 1. The largest absolute Gasteiger partial charge is 0.398 e. The third-order valence-electron chi connectivity index (χ3n) is 4.63. The predicted octanol–water partition coefficient (Wildman–Crippen LogP) is 1.33. The van der Waals surface area contributed by atoms with Crippen molar-refractivity contribution < 1.29 is 4.79 Å². The Morgan fingerprint density at radius 3 is 2.43 bits per heavy atom. The summed E-state index contributed by atoms with van der Waals surface area (Å²) in [5.74, 6) is -0.142. The Morgan fingerprint density at radius 1 is 1.26 bits per heavy atom. The molecule has 1 aliphatic carbocycles. The van der Waals surface area contributed by atoms with Crippen molar-refractivity contribution in [2.24, 2.45) is 10.9 Å². The summed E-state index contributed by atoms with van der Waals surface area (Å²) in [6.45, 7) is 2.72. The van der Waals surface area contributed by atoms with Crippen LogP contribution in [0.15, 0.2) is 17.3 Å². The Morgan fingerprint density at radius 2 is 1.91 bits per heavy atom. The van der Waals surface area contributed by atoms with Crippen LogP contribution in [0.1, 0.15) is 18.4 Å². The van der Waals surface area contributed by atoms with Gasteiger partial charge in [0.25, 0.3) is 5.91 Å². The van der Waals surface area contributed by atoms with Gasteiger partial charge in [0.15, 0.2) is 5.54 Å². The molecular weight excluding hydrogens is 318 g/mol. The Balaban J connectivity index is 1.72. The SMILES string of the molecule is NCc1c(N)cc(Cl)cc1N1CCN(C(=O)C2(N=O)CC2)CC1. The predicted molar refractivity (Wildman–Crippen MR) is 90.3 cm³/mol. The molecule has 4 N–H and O–H groups in total. The number of hydrogen-bond donors (Lipinski definition) is 2. The molecule has 1 saturated heterocycles. The minimum atomic E-state index is -0.981. The van der Waals surface area contributed by atoms with E-state index >= 15 is 0 Å². The smallest absolute Gasteiger partial charge is 0.254 e. The molecule has 2 fully saturated rings. The highest BCUT2D eigenvalue weighted by atomic mass is 35.5. The van der Waals surface area contributed by atoms with Crippen molar-refractivity contribution in [2.75, 3.05) is 36.8 Å². The van der Waals surface area contributed by atoms with E-state index in [4.69, 9.17) is 23.1 Å². The quantitative estimate of drug-likeness (QED) is 0.637. The molecule has 7 nitrogen and oxygen atoms in total. The van der Waals surface area contributed by atoms with Gasteiger partial charge in [0, 0.05) is 54.7 Å². The van der Waals surface area contributed by atoms with E-state index in [-0.39, 0.29) is 5.91 Å². The monoisotopic (exact) mass is 337 g/mol. The summed E-state index contributed by atoms with van der Waals surface area (Å²) in [6.07, 6.45) is 1.13. The van der Waals surface area contributed by atoms with Crippen LogP contribution < -0.4 is 16.4 Å². The molecule has 23 heavy (non-hydrogen) atoms. The lowest BCUT2D eigenvalue weighted by atomic mass is 10.1. The van der Waals surface area contributed by atoms with Gasteiger partial charge >= 0.3 is 0 Å². The van der Waals surface area contributed by atoms with Crippen LogP contribution in [-0.2, 0) is 11.3 Å². The molecule has 0 atom stereocenters. The molecule has 2 aliphatic rings. The second-order valence-electron chi connectivity index (χ2n) is 6.10. The number of nitrogens with two attached hydrogens (primary N) is 2. The van der Waals surface area contributed by atoms with Gasteiger partial charge in [-0.25, -0.2) is 0 Å². The Kier molecular flexibility index (Phi) is 4.16. The second-order valence-corrected chi connectivity index (χ2v) is 6.54. The van der Waals surface area contributed by atoms with Crippen LogP contribution in [0.2, 0.25) is 5.02 Å². The molecule has 0 unspecified atom stereocenters. The van der Waals surface area contributed by atoms with Gasteiger partial charge in [-0.2, -0.15) is 0 Å². The molecule has 0 radical (unpaired) electrons. The van der Waals surface area contributed by atoms with Gasteiger partial charge in [-0.3, -0.25) is 4.79 Å². The molecule has 0 bridgehead atoms. The van der Waals surface area contributed by atoms with E-state index < -0.39 is 5.54 Å². The van der Waals surface area contributed by atoms with E-state index in [0.717, 1.165) is 11.3 Å². The fraction of sp³-hybridized carbons (Fsp3) is 0.533. The number of nitrogens with zero attached hydrogens (tertiary/aromatic N) is 3. The van der Waals surface area contributed by atoms with Gasteiger partial charge in [0.2, 0.25) is 0 Å². The molecule has 0 spiro atoms. The van der Waals surface area contributed by atoms with Crippen molar-refractivity contribution in [3.05, 3.63) is 27.6 Å². The lowest BCUT2D eigenvalue weighted by Crippen LogP contribution is -2.52. The van der Waals surface area contributed by atoms with Crippen molar-refractivity contribution in [3.8, 4) is 0 Å². The van der Waals surface area contributed by atoms with Crippen LogP contribution in [0, 0.1) is 4.91 Å². The molecule has 1 aliphatic heterocycles. The number of carbonyl (C=O) groups is 1. The molecule has 3 rings (SSSR count). The van der Waals surface area contributed by atoms with Crippen LogP contribution in [0.3, 0.4) is 0 Å². The molecule has 1 amide bonds. The van der Waals surface area contributed by atoms with E-state index in [1.54, 1.807) is 11.0 Å². The molecule has 1 aromatic rings. The zero-order chi connectivity index (χ0) is 16.6. The first kappa shape index (κ1) is 16.0. The van der Waals surface area contributed by atoms with Gasteiger partial charge in [-0.15, -0.1) is 4.91 Å². The number of amides is 1. The Labute approximate surface area is 139 Å². The van der Waals surface area contributed by atoms with Crippen molar-refractivity contribution in [1.82, 2.24) is 4.90 Å². The van der Waals surface area contributed by atoms with E-state index in [9.17, 15) is 9.70 Å². The average molecular weight is 338 g/mol. The fourth-order valence-electron chi connectivity index (χ4n) is 3.05. The summed E-state index contributed by atoms with van der Waals surface area (Å²) >= 11 is 6.11.